The number of fused-ring (bicyclic) bond motifs is 1. The maximum absolute atomic E-state index is 12.9. The summed E-state index contributed by atoms with van der Waals surface area (Å²) in [7, 11) is 0. The van der Waals surface area contributed by atoms with Gasteiger partial charge < -0.3 is 15.6 Å². The van der Waals surface area contributed by atoms with Crippen molar-refractivity contribution < 1.29 is 4.79 Å². The Morgan fingerprint density at radius 3 is 2.63 bits per heavy atom. The van der Waals surface area contributed by atoms with Crippen LogP contribution in [-0.2, 0) is 4.79 Å². The first-order valence-electron chi connectivity index (χ1n) is 8.61. The largest absolute Gasteiger partial charge is 0.329 e. The van der Waals surface area contributed by atoms with E-state index in [4.69, 9.17) is 23.2 Å². The molecule has 0 aliphatic carbocycles. The number of aromatic amines is 1. The van der Waals surface area contributed by atoms with E-state index in [1.54, 1.807) is 24.4 Å². The van der Waals surface area contributed by atoms with Gasteiger partial charge in [-0.15, -0.1) is 0 Å². The fraction of sp³-hybridized carbons (Fsp3) is 0.200. The van der Waals surface area contributed by atoms with Gasteiger partial charge in [0.15, 0.2) is 0 Å². The van der Waals surface area contributed by atoms with Crippen LogP contribution in [0.5, 0.6) is 0 Å². The van der Waals surface area contributed by atoms with Crippen LogP contribution in [0.4, 0.5) is 5.69 Å². The lowest BCUT2D eigenvalue weighted by Gasteiger charge is -2.19. The van der Waals surface area contributed by atoms with Gasteiger partial charge in [-0.2, -0.15) is 0 Å². The van der Waals surface area contributed by atoms with E-state index >= 15 is 0 Å². The van der Waals surface area contributed by atoms with Crippen molar-refractivity contribution in [3.05, 3.63) is 74.6 Å². The third-order valence-electron chi connectivity index (χ3n) is 4.97. The summed E-state index contributed by atoms with van der Waals surface area (Å²) < 4.78 is 0. The number of carbonyl (C=O) groups excluding carboxylic acids is 1. The van der Waals surface area contributed by atoms with Crippen LogP contribution in [0.2, 0.25) is 10.0 Å². The molecular weight excluding hydrogens is 385 g/mol. The molecular formula is C20H17Cl2N3O2. The highest BCUT2D eigenvalue weighted by atomic mass is 35.5. The molecule has 7 heteroatoms. The number of nitrogens with one attached hydrogen (secondary N) is 3. The van der Waals surface area contributed by atoms with Crippen molar-refractivity contribution in [1.82, 2.24) is 10.3 Å². The molecule has 0 spiro atoms. The predicted octanol–water partition coefficient (Wildman–Crippen LogP) is 3.78. The number of benzene rings is 2. The zero-order chi connectivity index (χ0) is 19.0. The molecule has 27 heavy (non-hydrogen) atoms. The fourth-order valence-electron chi connectivity index (χ4n) is 3.55. The van der Waals surface area contributed by atoms with E-state index in [0.717, 1.165) is 17.5 Å². The lowest BCUT2D eigenvalue weighted by molar-refractivity contribution is -0.119. The van der Waals surface area contributed by atoms with Gasteiger partial charge in [-0.1, -0.05) is 35.3 Å². The Kier molecular flexibility index (Phi) is 4.91. The monoisotopic (exact) mass is 401 g/mol. The number of H-pyrrole nitrogens is 1. The first kappa shape index (κ1) is 18.0. The number of anilines is 1. The van der Waals surface area contributed by atoms with E-state index in [-0.39, 0.29) is 23.3 Å². The molecule has 1 aliphatic heterocycles. The average Bonchev–Trinajstić information content (AvgIpc) is 3.14. The zero-order valence-corrected chi connectivity index (χ0v) is 15.8. The number of hydrogen-bond acceptors (Lipinski definition) is 3. The van der Waals surface area contributed by atoms with Crippen molar-refractivity contribution in [1.29, 1.82) is 0 Å². The molecule has 1 aromatic heterocycles. The van der Waals surface area contributed by atoms with Crippen molar-refractivity contribution in [2.24, 2.45) is 5.92 Å². The van der Waals surface area contributed by atoms with Gasteiger partial charge in [-0.3, -0.25) is 9.59 Å². The van der Waals surface area contributed by atoms with Crippen LogP contribution in [0.3, 0.4) is 0 Å². The van der Waals surface area contributed by atoms with Crippen LogP contribution in [-0.4, -0.2) is 24.0 Å². The third-order valence-corrected chi connectivity index (χ3v) is 5.53. The van der Waals surface area contributed by atoms with E-state index in [9.17, 15) is 9.59 Å². The summed E-state index contributed by atoms with van der Waals surface area (Å²) in [5.41, 5.74) is 1.36. The summed E-state index contributed by atoms with van der Waals surface area (Å²) in [5.74, 6) is -0.271. The Morgan fingerprint density at radius 2 is 1.85 bits per heavy atom. The van der Waals surface area contributed by atoms with E-state index in [2.05, 4.69) is 15.6 Å². The normalized spacial score (nSPS) is 19.3. The number of rotatable bonds is 3. The molecule has 138 valence electrons. The SMILES string of the molecule is O=C(Nc1cc2cc[nH]c(=O)c2cc1Cl)[C@H]1CNC[C@@H]1c1ccc(Cl)cc1. The zero-order valence-electron chi connectivity index (χ0n) is 14.3. The molecule has 0 radical (unpaired) electrons. The molecule has 3 N–H and O–H groups in total. The smallest absolute Gasteiger partial charge is 0.255 e. The topological polar surface area (TPSA) is 74.0 Å². The number of carbonyl (C=O) groups is 1. The Hall–Kier alpha value is -2.34. The Bertz CT molecular complexity index is 1060. The van der Waals surface area contributed by atoms with Crippen LogP contribution in [0, 0.1) is 5.92 Å². The molecule has 0 bridgehead atoms. The molecule has 2 aromatic carbocycles. The Balaban J connectivity index is 1.60. The highest BCUT2D eigenvalue weighted by Gasteiger charge is 2.34. The van der Waals surface area contributed by atoms with Crippen LogP contribution in [0.25, 0.3) is 10.8 Å². The minimum atomic E-state index is -0.225. The molecule has 4 rings (SSSR count). The molecule has 0 saturated carbocycles. The lowest BCUT2D eigenvalue weighted by Crippen LogP contribution is -2.28. The van der Waals surface area contributed by atoms with Crippen molar-refractivity contribution in [3.63, 3.8) is 0 Å². The van der Waals surface area contributed by atoms with Crippen LogP contribution in [0.1, 0.15) is 11.5 Å². The van der Waals surface area contributed by atoms with Gasteiger partial charge in [-0.05, 0) is 41.3 Å². The number of aromatic nitrogens is 1. The highest BCUT2D eigenvalue weighted by molar-refractivity contribution is 6.34. The Labute approximate surface area is 165 Å². The highest BCUT2D eigenvalue weighted by Crippen LogP contribution is 2.32. The minimum Gasteiger partial charge on any atom is -0.329 e. The summed E-state index contributed by atoms with van der Waals surface area (Å²) in [5, 5.41) is 8.42. The standard InChI is InChI=1S/C20H17Cl2N3O2/c21-13-3-1-11(2-4-13)15-9-23-10-16(15)20(27)25-18-7-12-5-6-24-19(26)14(12)8-17(18)22/h1-8,15-16,23H,9-10H2,(H,24,26)(H,25,27)/t15-,16+/m1/s1. The summed E-state index contributed by atoms with van der Waals surface area (Å²) >= 11 is 12.3. The van der Waals surface area contributed by atoms with Crippen molar-refractivity contribution in [3.8, 4) is 0 Å². The quantitative estimate of drug-likeness (QED) is 0.625. The third kappa shape index (κ3) is 3.58. The number of amides is 1. The minimum absolute atomic E-state index is 0.0596. The number of pyridine rings is 1. The second-order valence-electron chi connectivity index (χ2n) is 6.64. The number of hydrogen-bond donors (Lipinski definition) is 3. The molecule has 0 unspecified atom stereocenters. The molecule has 1 aliphatic rings. The second-order valence-corrected chi connectivity index (χ2v) is 7.48. The lowest BCUT2D eigenvalue weighted by atomic mass is 9.88. The summed E-state index contributed by atoms with van der Waals surface area (Å²) in [6.07, 6.45) is 1.57. The van der Waals surface area contributed by atoms with Gasteiger partial charge in [0.2, 0.25) is 5.91 Å². The van der Waals surface area contributed by atoms with E-state index in [1.165, 1.54) is 0 Å². The van der Waals surface area contributed by atoms with Gasteiger partial charge in [-0.25, -0.2) is 0 Å². The molecule has 5 nitrogen and oxygen atoms in total. The van der Waals surface area contributed by atoms with Crippen molar-refractivity contribution in [2.45, 2.75) is 5.92 Å². The van der Waals surface area contributed by atoms with E-state index in [1.807, 2.05) is 24.3 Å². The maximum atomic E-state index is 12.9. The molecule has 2 heterocycles. The van der Waals surface area contributed by atoms with Gasteiger partial charge in [0.1, 0.15) is 0 Å². The molecule has 3 aromatic rings. The van der Waals surface area contributed by atoms with Gasteiger partial charge >= 0.3 is 0 Å². The van der Waals surface area contributed by atoms with Crippen molar-refractivity contribution >= 4 is 45.6 Å². The van der Waals surface area contributed by atoms with Gasteiger partial charge in [0.05, 0.1) is 16.6 Å². The first-order valence-corrected chi connectivity index (χ1v) is 9.36. The van der Waals surface area contributed by atoms with Crippen molar-refractivity contribution in [2.75, 3.05) is 18.4 Å². The van der Waals surface area contributed by atoms with Gasteiger partial charge in [0, 0.05) is 35.6 Å². The van der Waals surface area contributed by atoms with Crippen LogP contribution >= 0.6 is 23.2 Å². The van der Waals surface area contributed by atoms with Gasteiger partial charge in [0.25, 0.3) is 5.56 Å². The average molecular weight is 402 g/mol. The Morgan fingerprint density at radius 1 is 1.07 bits per heavy atom. The summed E-state index contributed by atoms with van der Waals surface area (Å²) in [6.45, 7) is 1.31. The fourth-order valence-corrected chi connectivity index (χ4v) is 3.88. The molecule has 1 fully saturated rings. The predicted molar refractivity (Wildman–Crippen MR) is 109 cm³/mol. The summed E-state index contributed by atoms with van der Waals surface area (Å²) in [6, 6.07) is 12.7. The van der Waals surface area contributed by atoms with E-state index < -0.39 is 0 Å². The second kappa shape index (κ2) is 7.35. The van der Waals surface area contributed by atoms with E-state index in [0.29, 0.717) is 27.7 Å². The van der Waals surface area contributed by atoms with Crippen LogP contribution in [0.15, 0.2) is 53.5 Å². The number of halogens is 2. The molecule has 2 atom stereocenters. The summed E-state index contributed by atoms with van der Waals surface area (Å²) in [4.78, 5) is 27.4. The molecule has 1 saturated heterocycles. The maximum Gasteiger partial charge on any atom is 0.255 e. The molecule has 1 amide bonds. The van der Waals surface area contributed by atoms with Crippen LogP contribution < -0.4 is 16.2 Å². The first-order chi connectivity index (χ1) is 13.0.